The molecule has 0 aliphatic heterocycles. The molecule has 0 saturated carbocycles. The average Bonchev–Trinajstić information content (AvgIpc) is 2.68. The summed E-state index contributed by atoms with van der Waals surface area (Å²) in [6.45, 7) is 0.109. The number of rotatable bonds is 4. The van der Waals surface area contributed by atoms with E-state index >= 15 is 0 Å². The molecule has 1 amide bonds. The van der Waals surface area contributed by atoms with Gasteiger partial charge < -0.3 is 5.73 Å². The molecule has 1 aromatic carbocycles. The van der Waals surface area contributed by atoms with Crippen molar-refractivity contribution in [2.24, 2.45) is 5.73 Å². The molecule has 2 N–H and O–H groups in total. The van der Waals surface area contributed by atoms with Crippen LogP contribution in [0.2, 0.25) is 5.02 Å². The van der Waals surface area contributed by atoms with Crippen molar-refractivity contribution >= 4 is 17.5 Å². The number of halogens is 1. The zero-order valence-electron chi connectivity index (χ0n) is 9.30. The third-order valence-electron chi connectivity index (χ3n) is 2.38. The maximum atomic E-state index is 11.5. The van der Waals surface area contributed by atoms with Crippen LogP contribution in [0.5, 0.6) is 0 Å². The van der Waals surface area contributed by atoms with Crippen LogP contribution in [0.3, 0.4) is 0 Å². The Morgan fingerprint density at radius 2 is 2.17 bits per heavy atom. The molecule has 0 radical (unpaired) electrons. The third-order valence-corrected chi connectivity index (χ3v) is 2.71. The molecular formula is C11H10ClN3O3. The van der Waals surface area contributed by atoms with Gasteiger partial charge in [-0.1, -0.05) is 28.9 Å². The Balaban J connectivity index is 2.43. The fraction of sp³-hybridized carbons (Fsp3) is 0.182. The lowest BCUT2D eigenvalue weighted by Gasteiger charge is -2.04. The first-order valence-corrected chi connectivity index (χ1v) is 5.57. The minimum Gasteiger partial charge on any atom is -0.370 e. The SMILES string of the molecule is NC(=O)CCn1c(-c2ccccc2Cl)noc1=O. The van der Waals surface area contributed by atoms with Gasteiger partial charge in [0.15, 0.2) is 5.82 Å². The van der Waals surface area contributed by atoms with Gasteiger partial charge in [-0.25, -0.2) is 4.79 Å². The molecule has 6 nitrogen and oxygen atoms in total. The van der Waals surface area contributed by atoms with Crippen molar-refractivity contribution in [3.8, 4) is 11.4 Å². The molecule has 2 rings (SSSR count). The number of amides is 1. The molecule has 0 fully saturated rings. The molecule has 2 aromatic rings. The quantitative estimate of drug-likeness (QED) is 0.896. The highest BCUT2D eigenvalue weighted by molar-refractivity contribution is 6.33. The number of carbonyl (C=O) groups excluding carboxylic acids is 1. The summed E-state index contributed by atoms with van der Waals surface area (Å²) in [6, 6.07) is 6.91. The molecule has 0 bridgehead atoms. The van der Waals surface area contributed by atoms with E-state index in [1.54, 1.807) is 24.3 Å². The van der Waals surface area contributed by atoms with E-state index in [1.165, 1.54) is 4.57 Å². The van der Waals surface area contributed by atoms with E-state index in [1.807, 2.05) is 0 Å². The molecule has 7 heteroatoms. The molecule has 0 saturated heterocycles. The van der Waals surface area contributed by atoms with Crippen molar-refractivity contribution < 1.29 is 9.32 Å². The lowest BCUT2D eigenvalue weighted by molar-refractivity contribution is -0.118. The zero-order chi connectivity index (χ0) is 13.1. The summed E-state index contributed by atoms with van der Waals surface area (Å²) in [6.07, 6.45) is 0.0264. The maximum absolute atomic E-state index is 11.5. The normalized spacial score (nSPS) is 10.5. The van der Waals surface area contributed by atoms with Gasteiger partial charge in [-0.2, -0.15) is 0 Å². The first-order chi connectivity index (χ1) is 8.59. The van der Waals surface area contributed by atoms with E-state index in [2.05, 4.69) is 9.68 Å². The Kier molecular flexibility index (Phi) is 3.47. The summed E-state index contributed by atoms with van der Waals surface area (Å²) >= 11 is 6.01. The molecule has 1 aromatic heterocycles. The molecular weight excluding hydrogens is 258 g/mol. The van der Waals surface area contributed by atoms with Gasteiger partial charge in [0.1, 0.15) is 0 Å². The Hall–Kier alpha value is -2.08. The van der Waals surface area contributed by atoms with Gasteiger partial charge in [0.2, 0.25) is 5.91 Å². The smallest absolute Gasteiger partial charge is 0.370 e. The standard InChI is InChI=1S/C11H10ClN3O3/c12-8-4-2-1-3-7(8)10-14-18-11(17)15(10)6-5-9(13)16/h1-4H,5-6H2,(H2,13,16). The van der Waals surface area contributed by atoms with Crippen molar-refractivity contribution in [2.45, 2.75) is 13.0 Å². The highest BCUT2D eigenvalue weighted by Gasteiger charge is 2.15. The number of nitrogens with two attached hydrogens (primary N) is 1. The topological polar surface area (TPSA) is 91.1 Å². The molecule has 94 valence electrons. The molecule has 0 aliphatic rings. The van der Waals surface area contributed by atoms with Crippen molar-refractivity contribution in [1.82, 2.24) is 9.72 Å². The number of benzene rings is 1. The first-order valence-electron chi connectivity index (χ1n) is 5.19. The number of hydrogen-bond acceptors (Lipinski definition) is 4. The fourth-order valence-electron chi connectivity index (χ4n) is 1.52. The van der Waals surface area contributed by atoms with E-state index in [9.17, 15) is 9.59 Å². The molecule has 18 heavy (non-hydrogen) atoms. The fourth-order valence-corrected chi connectivity index (χ4v) is 1.74. The van der Waals surface area contributed by atoms with Crippen LogP contribution in [0.25, 0.3) is 11.4 Å². The van der Waals surface area contributed by atoms with Gasteiger partial charge in [0.05, 0.1) is 5.02 Å². The van der Waals surface area contributed by atoms with Crippen LogP contribution in [0, 0.1) is 0 Å². The highest BCUT2D eigenvalue weighted by Crippen LogP contribution is 2.25. The van der Waals surface area contributed by atoms with Crippen molar-refractivity contribution in [1.29, 1.82) is 0 Å². The van der Waals surface area contributed by atoms with Crippen molar-refractivity contribution in [2.75, 3.05) is 0 Å². The van der Waals surface area contributed by atoms with E-state index in [0.717, 1.165) is 0 Å². The van der Waals surface area contributed by atoms with Gasteiger partial charge in [-0.3, -0.25) is 13.9 Å². The second-order valence-electron chi connectivity index (χ2n) is 3.62. The summed E-state index contributed by atoms with van der Waals surface area (Å²) in [4.78, 5) is 22.2. The number of carbonyl (C=O) groups is 1. The number of primary amides is 1. The van der Waals surface area contributed by atoms with Gasteiger partial charge in [0.25, 0.3) is 0 Å². The first kappa shape index (κ1) is 12.4. The van der Waals surface area contributed by atoms with Crippen LogP contribution >= 0.6 is 11.6 Å². The van der Waals surface area contributed by atoms with Crippen LogP contribution in [0.4, 0.5) is 0 Å². The lowest BCUT2D eigenvalue weighted by Crippen LogP contribution is -2.20. The van der Waals surface area contributed by atoms with Gasteiger partial charge >= 0.3 is 5.76 Å². The van der Waals surface area contributed by atoms with Gasteiger partial charge in [-0.15, -0.1) is 0 Å². The van der Waals surface area contributed by atoms with E-state index in [0.29, 0.717) is 10.6 Å². The minimum atomic E-state index is -0.647. The summed E-state index contributed by atoms with van der Waals surface area (Å²) in [5, 5.41) is 4.11. The minimum absolute atomic E-state index is 0.0264. The van der Waals surface area contributed by atoms with Crippen LogP contribution in [0.15, 0.2) is 33.6 Å². The summed E-state index contributed by atoms with van der Waals surface area (Å²) in [7, 11) is 0. The lowest BCUT2D eigenvalue weighted by atomic mass is 10.2. The van der Waals surface area contributed by atoms with Crippen LogP contribution in [0.1, 0.15) is 6.42 Å². The van der Waals surface area contributed by atoms with Gasteiger partial charge in [-0.05, 0) is 12.1 Å². The monoisotopic (exact) mass is 267 g/mol. The molecule has 1 heterocycles. The zero-order valence-corrected chi connectivity index (χ0v) is 10.1. The summed E-state index contributed by atoms with van der Waals surface area (Å²) in [5.74, 6) is -0.869. The second-order valence-corrected chi connectivity index (χ2v) is 4.03. The maximum Gasteiger partial charge on any atom is 0.441 e. The Morgan fingerprint density at radius 3 is 2.83 bits per heavy atom. The van der Waals surface area contributed by atoms with E-state index < -0.39 is 11.7 Å². The number of nitrogens with zero attached hydrogens (tertiary/aromatic N) is 2. The molecule has 0 aliphatic carbocycles. The second kappa shape index (κ2) is 5.05. The third kappa shape index (κ3) is 2.43. The highest BCUT2D eigenvalue weighted by atomic mass is 35.5. The van der Waals surface area contributed by atoms with Gasteiger partial charge in [0, 0.05) is 18.5 Å². The largest absolute Gasteiger partial charge is 0.441 e. The summed E-state index contributed by atoms with van der Waals surface area (Å²) in [5.41, 5.74) is 5.61. The predicted molar refractivity (Wildman–Crippen MR) is 65.0 cm³/mol. The Labute approximate surface area is 107 Å². The van der Waals surface area contributed by atoms with Crippen molar-refractivity contribution in [3.05, 3.63) is 39.8 Å². The summed E-state index contributed by atoms with van der Waals surface area (Å²) < 4.78 is 5.81. The predicted octanol–water partition coefficient (Wildman–Crippen LogP) is 1.03. The number of hydrogen-bond donors (Lipinski definition) is 1. The average molecular weight is 268 g/mol. The Morgan fingerprint density at radius 1 is 1.44 bits per heavy atom. The van der Waals surface area contributed by atoms with E-state index in [-0.39, 0.29) is 18.8 Å². The Bertz CT molecular complexity index is 632. The van der Waals surface area contributed by atoms with Crippen LogP contribution < -0.4 is 11.5 Å². The van der Waals surface area contributed by atoms with E-state index in [4.69, 9.17) is 17.3 Å². The van der Waals surface area contributed by atoms with Crippen LogP contribution in [-0.2, 0) is 11.3 Å². The molecule has 0 unspecified atom stereocenters. The number of aromatic nitrogens is 2. The van der Waals surface area contributed by atoms with Crippen molar-refractivity contribution in [3.63, 3.8) is 0 Å². The molecule has 0 atom stereocenters. The van der Waals surface area contributed by atoms with Crippen LogP contribution in [-0.4, -0.2) is 15.6 Å². The molecule has 0 spiro atoms.